The summed E-state index contributed by atoms with van der Waals surface area (Å²) in [6, 6.07) is 17.7. The van der Waals surface area contributed by atoms with Gasteiger partial charge in [0.25, 0.3) is 0 Å². The van der Waals surface area contributed by atoms with Gasteiger partial charge >= 0.3 is 0 Å². The van der Waals surface area contributed by atoms with Crippen LogP contribution >= 0.6 is 0 Å². The molecule has 74 valence electrons. The summed E-state index contributed by atoms with van der Waals surface area (Å²) in [4.78, 5) is 0. The Morgan fingerprint density at radius 2 is 1.40 bits per heavy atom. The van der Waals surface area contributed by atoms with Crippen molar-refractivity contribution in [2.75, 3.05) is 0 Å². The lowest BCUT2D eigenvalue weighted by molar-refractivity contribution is 0.698. The zero-order chi connectivity index (χ0) is 10.5. The third-order valence-electron chi connectivity index (χ3n) is 2.12. The molecule has 2 nitrogen and oxygen atoms in total. The van der Waals surface area contributed by atoms with Crippen molar-refractivity contribution < 1.29 is 4.21 Å². The molecule has 0 spiro atoms. The van der Waals surface area contributed by atoms with Crippen molar-refractivity contribution in [3.63, 3.8) is 0 Å². The lowest BCUT2D eigenvalue weighted by Crippen LogP contribution is -1.75. The molecule has 2 aromatic rings. The predicted octanol–water partition coefficient (Wildman–Crippen LogP) is 3.38. The molecule has 0 heterocycles. The van der Waals surface area contributed by atoms with Crippen molar-refractivity contribution in [3.05, 3.63) is 54.6 Å². The summed E-state index contributed by atoms with van der Waals surface area (Å²) in [6.45, 7) is 0. The fourth-order valence-corrected chi connectivity index (χ4v) is 1.60. The average Bonchev–Trinajstić information content (AvgIpc) is 2.32. The summed E-state index contributed by atoms with van der Waals surface area (Å²) >= 11 is 0.231. The van der Waals surface area contributed by atoms with Crippen LogP contribution in [-0.4, -0.2) is 4.21 Å². The van der Waals surface area contributed by atoms with E-state index in [2.05, 4.69) is 16.5 Å². The molecule has 0 aliphatic carbocycles. The summed E-state index contributed by atoms with van der Waals surface area (Å²) in [5, 5.41) is 0. The van der Waals surface area contributed by atoms with Crippen LogP contribution in [0.15, 0.2) is 59.0 Å². The van der Waals surface area contributed by atoms with Crippen LogP contribution in [0.3, 0.4) is 0 Å². The van der Waals surface area contributed by atoms with Gasteiger partial charge in [0.05, 0.1) is 5.69 Å². The molecule has 15 heavy (non-hydrogen) atoms. The lowest BCUT2D eigenvalue weighted by atomic mass is 10.1. The number of nitrogens with zero attached hydrogens (tertiary/aromatic N) is 1. The van der Waals surface area contributed by atoms with Crippen LogP contribution < -0.4 is 0 Å². The first-order valence-electron chi connectivity index (χ1n) is 4.55. The zero-order valence-electron chi connectivity index (χ0n) is 7.96. The third-order valence-corrected chi connectivity index (χ3v) is 2.40. The molecule has 0 amide bonds. The Bertz CT molecular complexity index is 487. The molecule has 0 bridgehead atoms. The highest BCUT2D eigenvalue weighted by molar-refractivity contribution is 7.54. The van der Waals surface area contributed by atoms with Crippen molar-refractivity contribution >= 4 is 17.2 Å². The van der Waals surface area contributed by atoms with Crippen LogP contribution in [0, 0.1) is 0 Å². The third kappa shape index (κ3) is 2.39. The lowest BCUT2D eigenvalue weighted by Gasteiger charge is -2.00. The van der Waals surface area contributed by atoms with E-state index in [1.54, 1.807) is 0 Å². The van der Waals surface area contributed by atoms with Crippen LogP contribution in [0.4, 0.5) is 5.69 Å². The van der Waals surface area contributed by atoms with Gasteiger partial charge < -0.3 is 0 Å². The van der Waals surface area contributed by atoms with Gasteiger partial charge in [0, 0.05) is 0 Å². The predicted molar refractivity (Wildman–Crippen MR) is 62.1 cm³/mol. The molecule has 0 unspecified atom stereocenters. The molecule has 3 heteroatoms. The Morgan fingerprint density at radius 1 is 0.800 bits per heavy atom. The molecule has 0 fully saturated rings. The number of hydrogen-bond acceptors (Lipinski definition) is 2. The maximum atomic E-state index is 10.2. The monoisotopic (exact) mass is 215 g/mol. The van der Waals surface area contributed by atoms with Crippen molar-refractivity contribution in [1.29, 1.82) is 0 Å². The Labute approximate surface area is 91.8 Å². The maximum absolute atomic E-state index is 10.2. The second-order valence-corrected chi connectivity index (χ2v) is 3.41. The fourth-order valence-electron chi connectivity index (χ4n) is 1.39. The van der Waals surface area contributed by atoms with Gasteiger partial charge in [-0.25, -0.2) is 0 Å². The van der Waals surface area contributed by atoms with E-state index in [0.717, 1.165) is 5.56 Å². The quantitative estimate of drug-likeness (QED) is 0.755. The molecule has 2 rings (SSSR count). The zero-order valence-corrected chi connectivity index (χ0v) is 8.78. The summed E-state index contributed by atoms with van der Waals surface area (Å²) in [6.07, 6.45) is 0. The first-order chi connectivity index (χ1) is 7.40. The largest absolute Gasteiger partial charge is 0.205 e. The van der Waals surface area contributed by atoms with E-state index in [-0.39, 0.29) is 11.5 Å². The molecule has 0 aliphatic rings. The minimum absolute atomic E-state index is 0.231. The smallest absolute Gasteiger partial charge is 0.191 e. The van der Waals surface area contributed by atoms with Crippen LogP contribution in [0.2, 0.25) is 0 Å². The molecular formula is C12H9NOS. The summed E-state index contributed by atoms with van der Waals surface area (Å²) in [7, 11) is 0. The van der Waals surface area contributed by atoms with Crippen molar-refractivity contribution in [1.82, 2.24) is 0 Å². The van der Waals surface area contributed by atoms with Crippen LogP contribution in [-0.2, 0) is 11.5 Å². The standard InChI is InChI=1S/C12H9NOS/c14-15-13-12-8-6-11(7-9-12)10-4-2-1-3-5-10/h1-9H. The van der Waals surface area contributed by atoms with Gasteiger partial charge in [-0.05, 0) is 23.3 Å². The first-order valence-corrected chi connectivity index (χ1v) is 5.25. The molecule has 2 aromatic carbocycles. The van der Waals surface area contributed by atoms with Gasteiger partial charge in [-0.15, -0.1) is 0 Å². The van der Waals surface area contributed by atoms with Crippen LogP contribution in [0.1, 0.15) is 0 Å². The Morgan fingerprint density at radius 3 is 2.00 bits per heavy atom. The van der Waals surface area contributed by atoms with Gasteiger partial charge in [-0.1, -0.05) is 42.5 Å². The van der Waals surface area contributed by atoms with E-state index in [9.17, 15) is 4.21 Å². The minimum Gasteiger partial charge on any atom is -0.191 e. The van der Waals surface area contributed by atoms with E-state index in [0.29, 0.717) is 5.69 Å². The van der Waals surface area contributed by atoms with Gasteiger partial charge in [0.2, 0.25) is 11.5 Å². The highest BCUT2D eigenvalue weighted by atomic mass is 32.1. The minimum atomic E-state index is 0.231. The fraction of sp³-hybridized carbons (Fsp3) is 0. The van der Waals surface area contributed by atoms with E-state index in [1.165, 1.54) is 5.56 Å². The van der Waals surface area contributed by atoms with Crippen molar-refractivity contribution in [2.45, 2.75) is 0 Å². The molecule has 0 radical (unpaired) electrons. The SMILES string of the molecule is O=S=Nc1ccc(-c2ccccc2)cc1. The number of rotatable bonds is 2. The Balaban J connectivity index is 2.36. The maximum Gasteiger partial charge on any atom is 0.205 e. The second-order valence-electron chi connectivity index (χ2n) is 3.08. The molecule has 0 saturated carbocycles. The number of hydrogen-bond donors (Lipinski definition) is 0. The molecule has 0 saturated heterocycles. The second kappa shape index (κ2) is 4.66. The Kier molecular flexibility index (Phi) is 3.05. The Hall–Kier alpha value is -1.74. The summed E-state index contributed by atoms with van der Waals surface area (Å²) in [5.74, 6) is 0. The van der Waals surface area contributed by atoms with E-state index < -0.39 is 0 Å². The van der Waals surface area contributed by atoms with Gasteiger partial charge in [0.15, 0.2) is 0 Å². The first kappa shape index (κ1) is 9.80. The van der Waals surface area contributed by atoms with Gasteiger partial charge in [-0.3, -0.25) is 0 Å². The van der Waals surface area contributed by atoms with E-state index in [4.69, 9.17) is 0 Å². The molecule has 0 aliphatic heterocycles. The highest BCUT2D eigenvalue weighted by Crippen LogP contribution is 2.21. The van der Waals surface area contributed by atoms with E-state index >= 15 is 0 Å². The normalized spacial score (nSPS) is 9.60. The van der Waals surface area contributed by atoms with Gasteiger partial charge in [0.1, 0.15) is 0 Å². The average molecular weight is 215 g/mol. The topological polar surface area (TPSA) is 29.4 Å². The van der Waals surface area contributed by atoms with Gasteiger partial charge in [-0.2, -0.15) is 8.57 Å². The summed E-state index contributed by atoms with van der Waals surface area (Å²) in [5.41, 5.74) is 3.00. The number of benzene rings is 2. The molecular weight excluding hydrogens is 206 g/mol. The van der Waals surface area contributed by atoms with Crippen LogP contribution in [0.25, 0.3) is 11.1 Å². The van der Waals surface area contributed by atoms with Crippen molar-refractivity contribution in [2.24, 2.45) is 4.36 Å². The van der Waals surface area contributed by atoms with Crippen LogP contribution in [0.5, 0.6) is 0 Å². The van der Waals surface area contributed by atoms with E-state index in [1.807, 2.05) is 42.5 Å². The molecule has 0 aromatic heterocycles. The molecule has 0 N–H and O–H groups in total. The molecule has 0 atom stereocenters. The highest BCUT2D eigenvalue weighted by Gasteiger charge is 1.95. The van der Waals surface area contributed by atoms with Crippen molar-refractivity contribution in [3.8, 4) is 11.1 Å². The summed E-state index contributed by atoms with van der Waals surface area (Å²) < 4.78 is 13.9.